The number of likely N-dealkylation sites (N-methyl/N-ethyl adjacent to an activating group) is 1. The van der Waals surface area contributed by atoms with Gasteiger partial charge in [-0.15, -0.1) is 0 Å². The van der Waals surface area contributed by atoms with E-state index in [0.29, 0.717) is 12.5 Å². The first-order valence-corrected chi connectivity index (χ1v) is 9.36. The summed E-state index contributed by atoms with van der Waals surface area (Å²) in [5.41, 5.74) is -0.592. The smallest absolute Gasteiger partial charge is 0.237 e. The van der Waals surface area contributed by atoms with Crippen LogP contribution in [-0.2, 0) is 11.3 Å². The van der Waals surface area contributed by atoms with E-state index in [1.54, 1.807) is 17.6 Å². The number of likely N-dealkylation sites (tertiary alicyclic amines) is 1. The molecule has 7 heteroatoms. The first-order valence-electron chi connectivity index (χ1n) is 9.36. The van der Waals surface area contributed by atoms with Crippen molar-refractivity contribution >= 4 is 5.91 Å². The predicted octanol–water partition coefficient (Wildman–Crippen LogP) is 1.67. The second-order valence-electron chi connectivity index (χ2n) is 7.52. The largest absolute Gasteiger partial charge is 0.326 e. The van der Waals surface area contributed by atoms with Crippen LogP contribution in [0.1, 0.15) is 44.9 Å². The van der Waals surface area contributed by atoms with Crippen LogP contribution in [0.2, 0.25) is 0 Å². The maximum atomic E-state index is 12.8. The third-order valence-corrected chi connectivity index (χ3v) is 5.78. The molecular formula is C18H28N6O. The summed E-state index contributed by atoms with van der Waals surface area (Å²) >= 11 is 0. The van der Waals surface area contributed by atoms with Crippen molar-refractivity contribution in [2.75, 3.05) is 26.7 Å². The number of amides is 1. The second-order valence-corrected chi connectivity index (χ2v) is 7.52. The van der Waals surface area contributed by atoms with Crippen LogP contribution < -0.4 is 0 Å². The van der Waals surface area contributed by atoms with E-state index in [2.05, 4.69) is 21.1 Å². The number of rotatable bonds is 5. The number of piperidine rings is 1. The van der Waals surface area contributed by atoms with Crippen molar-refractivity contribution in [3.8, 4) is 6.07 Å². The summed E-state index contributed by atoms with van der Waals surface area (Å²) in [7, 11) is 1.81. The van der Waals surface area contributed by atoms with Crippen molar-refractivity contribution in [2.24, 2.45) is 5.92 Å². The van der Waals surface area contributed by atoms with E-state index in [-0.39, 0.29) is 5.91 Å². The van der Waals surface area contributed by atoms with Gasteiger partial charge in [-0.3, -0.25) is 14.4 Å². The number of carbonyl (C=O) groups is 1. The number of nitrogens with zero attached hydrogens (tertiary/aromatic N) is 6. The highest BCUT2D eigenvalue weighted by molar-refractivity contribution is 5.79. The maximum absolute atomic E-state index is 12.8. The van der Waals surface area contributed by atoms with Gasteiger partial charge in [0, 0.05) is 20.1 Å². The zero-order valence-electron chi connectivity index (χ0n) is 15.1. The lowest BCUT2D eigenvalue weighted by atomic mass is 9.81. The first kappa shape index (κ1) is 17.9. The highest BCUT2D eigenvalue weighted by Crippen LogP contribution is 2.32. The zero-order valence-corrected chi connectivity index (χ0v) is 15.1. The molecule has 3 rings (SSSR count). The summed E-state index contributed by atoms with van der Waals surface area (Å²) in [5.74, 6) is 0.568. The second kappa shape index (κ2) is 7.96. The molecule has 1 amide bonds. The highest BCUT2D eigenvalue weighted by Gasteiger charge is 2.39. The SMILES string of the molecule is CN(C(=O)CN1CCCC(Cn2cncn2)C1)C1(C#N)CCCCC1. The van der Waals surface area contributed by atoms with Gasteiger partial charge < -0.3 is 4.90 Å². The Morgan fingerprint density at radius 2 is 2.16 bits per heavy atom. The normalized spacial score (nSPS) is 23.8. The van der Waals surface area contributed by atoms with Gasteiger partial charge in [-0.2, -0.15) is 10.4 Å². The van der Waals surface area contributed by atoms with Gasteiger partial charge in [-0.25, -0.2) is 4.98 Å². The van der Waals surface area contributed by atoms with Crippen molar-refractivity contribution in [3.05, 3.63) is 12.7 Å². The van der Waals surface area contributed by atoms with Crippen LogP contribution in [0.4, 0.5) is 0 Å². The summed E-state index contributed by atoms with van der Waals surface area (Å²) < 4.78 is 1.87. The van der Waals surface area contributed by atoms with E-state index in [1.807, 2.05) is 11.7 Å². The van der Waals surface area contributed by atoms with Gasteiger partial charge in [0.2, 0.25) is 5.91 Å². The van der Waals surface area contributed by atoms with Crippen molar-refractivity contribution in [1.29, 1.82) is 5.26 Å². The van der Waals surface area contributed by atoms with Crippen LogP contribution in [0.15, 0.2) is 12.7 Å². The summed E-state index contributed by atoms with van der Waals surface area (Å²) in [5, 5.41) is 13.9. The molecule has 1 aliphatic carbocycles. The van der Waals surface area contributed by atoms with Gasteiger partial charge >= 0.3 is 0 Å². The molecule has 0 aromatic carbocycles. The van der Waals surface area contributed by atoms with Crippen LogP contribution >= 0.6 is 0 Å². The first-order chi connectivity index (χ1) is 12.1. The number of carbonyl (C=O) groups excluding carboxylic acids is 1. The third-order valence-electron chi connectivity index (χ3n) is 5.78. The lowest BCUT2D eigenvalue weighted by Gasteiger charge is -2.40. The monoisotopic (exact) mass is 344 g/mol. The van der Waals surface area contributed by atoms with Gasteiger partial charge in [0.1, 0.15) is 18.2 Å². The van der Waals surface area contributed by atoms with Crippen molar-refractivity contribution in [3.63, 3.8) is 0 Å². The van der Waals surface area contributed by atoms with E-state index in [1.165, 1.54) is 6.42 Å². The Bertz CT molecular complexity index is 602. The molecule has 1 aromatic rings. The molecule has 0 N–H and O–H groups in total. The minimum atomic E-state index is -0.592. The van der Waals surface area contributed by atoms with Crippen LogP contribution in [0.3, 0.4) is 0 Å². The lowest BCUT2D eigenvalue weighted by Crippen LogP contribution is -2.53. The molecule has 2 heterocycles. The Morgan fingerprint density at radius 1 is 1.36 bits per heavy atom. The Balaban J connectivity index is 1.55. The van der Waals surface area contributed by atoms with Gasteiger partial charge in [0.15, 0.2) is 0 Å². The molecule has 2 aliphatic rings. The summed E-state index contributed by atoms with van der Waals surface area (Å²) in [4.78, 5) is 20.8. The minimum absolute atomic E-state index is 0.0739. The fourth-order valence-corrected chi connectivity index (χ4v) is 4.23. The predicted molar refractivity (Wildman–Crippen MR) is 93.4 cm³/mol. The molecule has 2 fully saturated rings. The number of aromatic nitrogens is 3. The standard InChI is InChI=1S/C18H28N6O/c1-22(18(13-19)7-3-2-4-8-18)17(25)12-23-9-5-6-16(10-23)11-24-15-20-14-21-24/h14-16H,2-12H2,1H3. The van der Waals surface area contributed by atoms with E-state index in [9.17, 15) is 10.1 Å². The number of hydrogen-bond acceptors (Lipinski definition) is 5. The Labute approximate surface area is 149 Å². The quantitative estimate of drug-likeness (QED) is 0.812. The molecule has 1 saturated carbocycles. The summed E-state index contributed by atoms with van der Waals surface area (Å²) in [6, 6.07) is 2.44. The molecule has 25 heavy (non-hydrogen) atoms. The molecule has 136 valence electrons. The maximum Gasteiger partial charge on any atom is 0.237 e. The Morgan fingerprint density at radius 3 is 2.84 bits per heavy atom. The Kier molecular flexibility index (Phi) is 5.69. The van der Waals surface area contributed by atoms with Gasteiger partial charge in [-0.1, -0.05) is 19.3 Å². The molecule has 1 aliphatic heterocycles. The molecule has 0 radical (unpaired) electrons. The fraction of sp³-hybridized carbons (Fsp3) is 0.778. The van der Waals surface area contributed by atoms with Gasteiger partial charge in [0.05, 0.1) is 12.6 Å². The highest BCUT2D eigenvalue weighted by atomic mass is 16.2. The molecule has 7 nitrogen and oxygen atoms in total. The van der Waals surface area contributed by atoms with Crippen molar-refractivity contribution < 1.29 is 4.79 Å². The van der Waals surface area contributed by atoms with Crippen molar-refractivity contribution in [2.45, 2.75) is 57.0 Å². The van der Waals surface area contributed by atoms with E-state index >= 15 is 0 Å². The molecular weight excluding hydrogens is 316 g/mol. The molecule has 1 saturated heterocycles. The molecule has 0 bridgehead atoms. The van der Waals surface area contributed by atoms with Crippen LogP contribution in [0.5, 0.6) is 0 Å². The minimum Gasteiger partial charge on any atom is -0.326 e. The zero-order chi connectivity index (χ0) is 17.7. The van der Waals surface area contributed by atoms with E-state index < -0.39 is 5.54 Å². The topological polar surface area (TPSA) is 78.1 Å². The molecule has 1 unspecified atom stereocenters. The summed E-state index contributed by atoms with van der Waals surface area (Å²) in [6.45, 7) is 3.11. The average molecular weight is 344 g/mol. The van der Waals surface area contributed by atoms with Crippen LogP contribution in [-0.4, -0.2) is 62.7 Å². The van der Waals surface area contributed by atoms with Gasteiger partial charge in [0.25, 0.3) is 0 Å². The van der Waals surface area contributed by atoms with Crippen LogP contribution in [0, 0.1) is 17.2 Å². The lowest BCUT2D eigenvalue weighted by molar-refractivity contribution is -0.136. The van der Waals surface area contributed by atoms with Crippen LogP contribution in [0.25, 0.3) is 0 Å². The molecule has 1 aromatic heterocycles. The third kappa shape index (κ3) is 4.18. The Hall–Kier alpha value is -1.94. The summed E-state index contributed by atoms with van der Waals surface area (Å²) in [6.07, 6.45) is 10.4. The molecule has 0 spiro atoms. The van der Waals surface area contributed by atoms with E-state index in [4.69, 9.17) is 0 Å². The average Bonchev–Trinajstić information content (AvgIpc) is 3.15. The number of hydrogen-bond donors (Lipinski definition) is 0. The number of nitriles is 1. The fourth-order valence-electron chi connectivity index (χ4n) is 4.23. The van der Waals surface area contributed by atoms with Crippen molar-refractivity contribution in [1.82, 2.24) is 24.6 Å². The van der Waals surface area contributed by atoms with E-state index in [0.717, 1.165) is 58.2 Å². The van der Waals surface area contributed by atoms with Gasteiger partial charge in [-0.05, 0) is 38.1 Å². The molecule has 1 atom stereocenters.